The molecule has 0 saturated heterocycles. The van der Waals surface area contributed by atoms with Crippen LogP contribution in [0.1, 0.15) is 11.1 Å². The van der Waals surface area contributed by atoms with E-state index in [2.05, 4.69) is 9.97 Å². The molecule has 7 heteroatoms. The molecule has 0 aromatic carbocycles. The maximum Gasteiger partial charge on any atom is 0.417 e. The van der Waals surface area contributed by atoms with E-state index >= 15 is 0 Å². The molecule has 0 radical (unpaired) electrons. The van der Waals surface area contributed by atoms with E-state index in [9.17, 15) is 13.2 Å². The van der Waals surface area contributed by atoms with E-state index in [1.807, 2.05) is 12.1 Å². The summed E-state index contributed by atoms with van der Waals surface area (Å²) in [5.74, 6) is 0.302. The third kappa shape index (κ3) is 3.39. The van der Waals surface area contributed by atoms with Gasteiger partial charge in [-0.25, -0.2) is 4.98 Å². The lowest BCUT2D eigenvalue weighted by atomic mass is 10.2. The summed E-state index contributed by atoms with van der Waals surface area (Å²) in [5, 5.41) is -0.0311. The van der Waals surface area contributed by atoms with Gasteiger partial charge in [-0.2, -0.15) is 13.2 Å². The Hall–Kier alpha value is -1.82. The molecule has 0 spiro atoms. The zero-order valence-electron chi connectivity index (χ0n) is 10.5. The fraction of sp³-hybridized carbons (Fsp3) is 0.231. The molecule has 0 fully saturated rings. The Morgan fingerprint density at radius 2 is 1.90 bits per heavy atom. The summed E-state index contributed by atoms with van der Waals surface area (Å²) in [7, 11) is 1.71. The number of halogens is 4. The summed E-state index contributed by atoms with van der Waals surface area (Å²) < 4.78 is 37.6. The molecule has 0 aliphatic heterocycles. The van der Waals surface area contributed by atoms with Crippen molar-refractivity contribution >= 4 is 17.4 Å². The van der Waals surface area contributed by atoms with Gasteiger partial charge in [-0.1, -0.05) is 11.6 Å². The van der Waals surface area contributed by atoms with Crippen molar-refractivity contribution in [3.05, 3.63) is 52.9 Å². The maximum absolute atomic E-state index is 12.5. The minimum absolute atomic E-state index is 0.0311. The SMILES string of the molecule is CN(Cc1ccncc1)c1ncc(C(F)(F)F)cc1Cl. The lowest BCUT2D eigenvalue weighted by Crippen LogP contribution is -2.19. The van der Waals surface area contributed by atoms with Gasteiger partial charge >= 0.3 is 6.18 Å². The van der Waals surface area contributed by atoms with E-state index in [0.29, 0.717) is 12.4 Å². The first-order chi connectivity index (χ1) is 9.38. The van der Waals surface area contributed by atoms with E-state index in [1.54, 1.807) is 24.3 Å². The lowest BCUT2D eigenvalue weighted by Gasteiger charge is -2.20. The van der Waals surface area contributed by atoms with Gasteiger partial charge in [0, 0.05) is 32.2 Å². The van der Waals surface area contributed by atoms with E-state index in [1.165, 1.54) is 0 Å². The molecule has 3 nitrogen and oxygen atoms in total. The number of nitrogens with zero attached hydrogens (tertiary/aromatic N) is 3. The van der Waals surface area contributed by atoms with Crippen molar-refractivity contribution in [2.45, 2.75) is 12.7 Å². The molecule has 0 aliphatic carbocycles. The predicted octanol–water partition coefficient (Wildman–Crippen LogP) is 3.79. The van der Waals surface area contributed by atoms with Gasteiger partial charge < -0.3 is 4.90 Å². The average molecular weight is 302 g/mol. The Morgan fingerprint density at radius 3 is 2.45 bits per heavy atom. The molecule has 0 N–H and O–H groups in total. The number of alkyl halides is 3. The second-order valence-electron chi connectivity index (χ2n) is 4.24. The second-order valence-corrected chi connectivity index (χ2v) is 4.65. The Bertz CT molecular complexity index is 587. The summed E-state index contributed by atoms with van der Waals surface area (Å²) >= 11 is 5.88. The molecule has 2 rings (SSSR count). The first kappa shape index (κ1) is 14.6. The van der Waals surface area contributed by atoms with Crippen LogP contribution in [0.4, 0.5) is 19.0 Å². The first-order valence-corrected chi connectivity index (χ1v) is 6.08. The Kier molecular flexibility index (Phi) is 4.13. The van der Waals surface area contributed by atoms with Crippen LogP contribution in [0.15, 0.2) is 36.8 Å². The van der Waals surface area contributed by atoms with Crippen LogP contribution in [-0.4, -0.2) is 17.0 Å². The fourth-order valence-electron chi connectivity index (χ4n) is 1.70. The molecule has 0 bridgehead atoms. The van der Waals surface area contributed by atoms with Crippen molar-refractivity contribution in [3.63, 3.8) is 0 Å². The average Bonchev–Trinajstić information content (AvgIpc) is 2.38. The highest BCUT2D eigenvalue weighted by atomic mass is 35.5. The van der Waals surface area contributed by atoms with Crippen molar-refractivity contribution in [1.82, 2.24) is 9.97 Å². The van der Waals surface area contributed by atoms with Crippen molar-refractivity contribution in [3.8, 4) is 0 Å². The van der Waals surface area contributed by atoms with Crippen LogP contribution in [0.3, 0.4) is 0 Å². The highest BCUT2D eigenvalue weighted by Gasteiger charge is 2.31. The largest absolute Gasteiger partial charge is 0.417 e. The van der Waals surface area contributed by atoms with Crippen LogP contribution < -0.4 is 4.90 Å². The Labute approximate surface area is 119 Å². The molecule has 0 saturated carbocycles. The van der Waals surface area contributed by atoms with Crippen molar-refractivity contribution in [2.75, 3.05) is 11.9 Å². The molecular formula is C13H11ClF3N3. The topological polar surface area (TPSA) is 29.0 Å². The van der Waals surface area contributed by atoms with Gasteiger partial charge in [-0.05, 0) is 23.8 Å². The van der Waals surface area contributed by atoms with Gasteiger partial charge in [-0.15, -0.1) is 0 Å². The Balaban J connectivity index is 2.21. The molecule has 0 amide bonds. The van der Waals surface area contributed by atoms with Crippen LogP contribution in [0.25, 0.3) is 0 Å². The summed E-state index contributed by atoms with van der Waals surface area (Å²) in [6.07, 6.45) is -0.376. The van der Waals surface area contributed by atoms with E-state index in [4.69, 9.17) is 11.6 Å². The lowest BCUT2D eigenvalue weighted by molar-refractivity contribution is -0.137. The fourth-order valence-corrected chi connectivity index (χ4v) is 2.01. The maximum atomic E-state index is 12.5. The summed E-state index contributed by atoms with van der Waals surface area (Å²) in [5.41, 5.74) is 0.101. The van der Waals surface area contributed by atoms with Gasteiger partial charge in [-0.3, -0.25) is 4.98 Å². The molecule has 106 valence electrons. The molecule has 2 aromatic heterocycles. The van der Waals surface area contributed by atoms with Crippen molar-refractivity contribution < 1.29 is 13.2 Å². The van der Waals surface area contributed by atoms with Gasteiger partial charge in [0.1, 0.15) is 5.82 Å². The van der Waals surface area contributed by atoms with E-state index < -0.39 is 11.7 Å². The van der Waals surface area contributed by atoms with Crippen LogP contribution in [0.2, 0.25) is 5.02 Å². The minimum atomic E-state index is -4.45. The van der Waals surface area contributed by atoms with Crippen LogP contribution in [-0.2, 0) is 12.7 Å². The zero-order chi connectivity index (χ0) is 14.8. The van der Waals surface area contributed by atoms with Gasteiger partial charge in [0.15, 0.2) is 0 Å². The molecule has 2 heterocycles. The number of pyridine rings is 2. The van der Waals surface area contributed by atoms with Crippen LogP contribution >= 0.6 is 11.6 Å². The summed E-state index contributed by atoms with van der Waals surface area (Å²) in [4.78, 5) is 9.37. The first-order valence-electron chi connectivity index (χ1n) is 5.70. The molecular weight excluding hydrogens is 291 g/mol. The van der Waals surface area contributed by atoms with Gasteiger partial charge in [0.2, 0.25) is 0 Å². The molecule has 20 heavy (non-hydrogen) atoms. The van der Waals surface area contributed by atoms with Crippen molar-refractivity contribution in [1.29, 1.82) is 0 Å². The van der Waals surface area contributed by atoms with E-state index in [0.717, 1.165) is 17.8 Å². The number of hydrogen-bond donors (Lipinski definition) is 0. The monoisotopic (exact) mass is 301 g/mol. The summed E-state index contributed by atoms with van der Waals surface area (Å²) in [6, 6.07) is 4.51. The number of aromatic nitrogens is 2. The zero-order valence-corrected chi connectivity index (χ0v) is 11.3. The van der Waals surface area contributed by atoms with E-state index in [-0.39, 0.29) is 5.02 Å². The highest BCUT2D eigenvalue weighted by Crippen LogP contribution is 2.33. The highest BCUT2D eigenvalue weighted by molar-refractivity contribution is 6.33. The van der Waals surface area contributed by atoms with Crippen molar-refractivity contribution in [2.24, 2.45) is 0 Å². The molecule has 0 unspecified atom stereocenters. The predicted molar refractivity (Wildman–Crippen MR) is 70.6 cm³/mol. The Morgan fingerprint density at radius 1 is 1.25 bits per heavy atom. The number of rotatable bonds is 3. The summed E-state index contributed by atoms with van der Waals surface area (Å²) in [6.45, 7) is 0.473. The smallest absolute Gasteiger partial charge is 0.354 e. The molecule has 2 aromatic rings. The quantitative estimate of drug-likeness (QED) is 0.864. The van der Waals surface area contributed by atoms with Gasteiger partial charge in [0.25, 0.3) is 0 Å². The normalized spacial score (nSPS) is 11.4. The van der Waals surface area contributed by atoms with Crippen LogP contribution in [0.5, 0.6) is 0 Å². The minimum Gasteiger partial charge on any atom is -0.354 e. The van der Waals surface area contributed by atoms with Crippen LogP contribution in [0, 0.1) is 0 Å². The third-order valence-corrected chi connectivity index (χ3v) is 2.96. The number of hydrogen-bond acceptors (Lipinski definition) is 3. The molecule has 0 atom stereocenters. The second kappa shape index (κ2) is 5.66. The number of anilines is 1. The molecule has 0 aliphatic rings. The standard InChI is InChI=1S/C13H11ClF3N3/c1-20(8-9-2-4-18-5-3-9)12-11(14)6-10(7-19-12)13(15,16)17/h2-7H,8H2,1H3. The van der Waals surface area contributed by atoms with Gasteiger partial charge in [0.05, 0.1) is 10.6 Å². The third-order valence-electron chi connectivity index (χ3n) is 2.68.